The van der Waals surface area contributed by atoms with Crippen molar-refractivity contribution in [2.24, 2.45) is 0 Å². The van der Waals surface area contributed by atoms with E-state index in [9.17, 15) is 4.79 Å². The topological polar surface area (TPSA) is 68.0 Å². The Morgan fingerprint density at radius 3 is 2.18 bits per heavy atom. The predicted molar refractivity (Wildman–Crippen MR) is 112 cm³/mol. The lowest BCUT2D eigenvalue weighted by Crippen LogP contribution is -2.12. The average Bonchev–Trinajstić information content (AvgIpc) is 3.21. The smallest absolute Gasteiger partial charge is 0.255 e. The standard InChI is InChI=1S/C21H13BrClN3O2/c22-16-10-11-18(17(23)12-16)24-19(27)13-6-8-15(9-7-13)21-26-25-20(28-21)14-4-2-1-3-5-14/h1-12H,(H,24,27). The van der Waals surface area contributed by atoms with Gasteiger partial charge in [0, 0.05) is 21.2 Å². The maximum atomic E-state index is 12.5. The first-order chi connectivity index (χ1) is 13.6. The molecule has 0 saturated heterocycles. The van der Waals surface area contributed by atoms with Gasteiger partial charge in [-0.3, -0.25) is 4.79 Å². The summed E-state index contributed by atoms with van der Waals surface area (Å²) in [6.07, 6.45) is 0. The molecule has 1 amide bonds. The van der Waals surface area contributed by atoms with E-state index in [0.29, 0.717) is 28.1 Å². The Bertz CT molecular complexity index is 1130. The lowest BCUT2D eigenvalue weighted by molar-refractivity contribution is 0.102. The molecule has 138 valence electrons. The summed E-state index contributed by atoms with van der Waals surface area (Å²) in [5.41, 5.74) is 2.62. The molecule has 4 aromatic rings. The van der Waals surface area contributed by atoms with Crippen LogP contribution in [0, 0.1) is 0 Å². The number of hydrogen-bond donors (Lipinski definition) is 1. The molecule has 3 aromatic carbocycles. The fraction of sp³-hybridized carbons (Fsp3) is 0. The first-order valence-electron chi connectivity index (χ1n) is 8.36. The maximum absolute atomic E-state index is 12.5. The van der Waals surface area contributed by atoms with Gasteiger partial charge in [-0.1, -0.05) is 45.7 Å². The molecule has 1 N–H and O–H groups in total. The highest BCUT2D eigenvalue weighted by molar-refractivity contribution is 9.10. The van der Waals surface area contributed by atoms with Gasteiger partial charge in [0.15, 0.2) is 0 Å². The molecule has 0 fully saturated rings. The number of aromatic nitrogens is 2. The van der Waals surface area contributed by atoms with Crippen LogP contribution < -0.4 is 5.32 Å². The van der Waals surface area contributed by atoms with E-state index in [-0.39, 0.29) is 5.91 Å². The summed E-state index contributed by atoms with van der Waals surface area (Å²) in [5.74, 6) is 0.579. The van der Waals surface area contributed by atoms with Crippen LogP contribution in [-0.4, -0.2) is 16.1 Å². The second kappa shape index (κ2) is 7.96. The van der Waals surface area contributed by atoms with Crippen LogP contribution in [-0.2, 0) is 0 Å². The average molecular weight is 455 g/mol. The van der Waals surface area contributed by atoms with Crippen LogP contribution in [0.1, 0.15) is 10.4 Å². The van der Waals surface area contributed by atoms with E-state index in [4.69, 9.17) is 16.0 Å². The fourth-order valence-electron chi connectivity index (χ4n) is 2.59. The minimum atomic E-state index is -0.258. The third kappa shape index (κ3) is 3.98. The summed E-state index contributed by atoms with van der Waals surface area (Å²) < 4.78 is 6.58. The third-order valence-electron chi connectivity index (χ3n) is 4.02. The van der Waals surface area contributed by atoms with Crippen LogP contribution in [0.5, 0.6) is 0 Å². The predicted octanol–water partition coefficient (Wildman–Crippen LogP) is 6.07. The molecule has 28 heavy (non-hydrogen) atoms. The Labute approximate surface area is 174 Å². The highest BCUT2D eigenvalue weighted by Gasteiger charge is 2.12. The van der Waals surface area contributed by atoms with Crippen LogP contribution in [0.15, 0.2) is 81.7 Å². The molecule has 0 bridgehead atoms. The Hall–Kier alpha value is -2.96. The summed E-state index contributed by atoms with van der Waals surface area (Å²) in [5, 5.41) is 11.4. The van der Waals surface area contributed by atoms with Gasteiger partial charge in [0.2, 0.25) is 11.8 Å². The van der Waals surface area contributed by atoms with Gasteiger partial charge in [-0.25, -0.2) is 0 Å². The van der Waals surface area contributed by atoms with Gasteiger partial charge in [-0.2, -0.15) is 0 Å². The van der Waals surface area contributed by atoms with Gasteiger partial charge in [0.05, 0.1) is 10.7 Å². The Kier molecular flexibility index (Phi) is 5.23. The molecular formula is C21H13BrClN3O2. The van der Waals surface area contributed by atoms with Gasteiger partial charge < -0.3 is 9.73 Å². The number of hydrogen-bond acceptors (Lipinski definition) is 4. The normalized spacial score (nSPS) is 10.6. The summed E-state index contributed by atoms with van der Waals surface area (Å²) in [4.78, 5) is 12.5. The zero-order chi connectivity index (χ0) is 19.5. The monoisotopic (exact) mass is 453 g/mol. The molecule has 1 aromatic heterocycles. The van der Waals surface area contributed by atoms with Gasteiger partial charge in [0.1, 0.15) is 0 Å². The molecule has 7 heteroatoms. The molecule has 0 atom stereocenters. The van der Waals surface area contributed by atoms with Crippen LogP contribution in [0.25, 0.3) is 22.9 Å². The molecule has 0 saturated carbocycles. The molecule has 4 rings (SSSR count). The minimum absolute atomic E-state index is 0.258. The highest BCUT2D eigenvalue weighted by atomic mass is 79.9. The van der Waals surface area contributed by atoms with E-state index in [2.05, 4.69) is 31.4 Å². The second-order valence-electron chi connectivity index (χ2n) is 5.93. The van der Waals surface area contributed by atoms with Crippen LogP contribution in [0.2, 0.25) is 5.02 Å². The van der Waals surface area contributed by atoms with E-state index in [1.165, 1.54) is 0 Å². The first-order valence-corrected chi connectivity index (χ1v) is 9.53. The zero-order valence-electron chi connectivity index (χ0n) is 14.4. The summed E-state index contributed by atoms with van der Waals surface area (Å²) in [7, 11) is 0. The lowest BCUT2D eigenvalue weighted by Gasteiger charge is -2.08. The molecule has 0 aliphatic carbocycles. The number of carbonyl (C=O) groups is 1. The lowest BCUT2D eigenvalue weighted by atomic mass is 10.1. The van der Waals surface area contributed by atoms with Crippen molar-refractivity contribution in [2.75, 3.05) is 5.32 Å². The Morgan fingerprint density at radius 2 is 1.54 bits per heavy atom. The van der Waals surface area contributed by atoms with Gasteiger partial charge in [-0.15, -0.1) is 10.2 Å². The second-order valence-corrected chi connectivity index (χ2v) is 7.26. The van der Waals surface area contributed by atoms with E-state index in [1.807, 2.05) is 36.4 Å². The maximum Gasteiger partial charge on any atom is 0.255 e. The number of amides is 1. The van der Waals surface area contributed by atoms with Crippen molar-refractivity contribution in [3.8, 4) is 22.9 Å². The molecule has 5 nitrogen and oxygen atoms in total. The molecular weight excluding hydrogens is 442 g/mol. The number of nitrogens with one attached hydrogen (secondary N) is 1. The highest BCUT2D eigenvalue weighted by Crippen LogP contribution is 2.27. The molecule has 0 unspecified atom stereocenters. The van der Waals surface area contributed by atoms with Crippen molar-refractivity contribution in [1.29, 1.82) is 0 Å². The summed E-state index contributed by atoms with van der Waals surface area (Å²) >= 11 is 9.48. The Morgan fingerprint density at radius 1 is 0.893 bits per heavy atom. The molecule has 0 spiro atoms. The molecule has 1 heterocycles. The number of anilines is 1. The van der Waals surface area contributed by atoms with Crippen molar-refractivity contribution < 1.29 is 9.21 Å². The van der Waals surface area contributed by atoms with Gasteiger partial charge >= 0.3 is 0 Å². The quantitative estimate of drug-likeness (QED) is 0.406. The van der Waals surface area contributed by atoms with Gasteiger partial charge in [-0.05, 0) is 54.6 Å². The van der Waals surface area contributed by atoms with E-state index < -0.39 is 0 Å². The first kappa shape index (κ1) is 18.4. The van der Waals surface area contributed by atoms with Crippen LogP contribution in [0.3, 0.4) is 0 Å². The number of benzene rings is 3. The van der Waals surface area contributed by atoms with E-state index >= 15 is 0 Å². The fourth-order valence-corrected chi connectivity index (χ4v) is 3.31. The molecule has 0 radical (unpaired) electrons. The summed E-state index contributed by atoms with van der Waals surface area (Å²) in [6, 6.07) is 21.7. The molecule has 0 aliphatic heterocycles. The number of rotatable bonds is 4. The van der Waals surface area contributed by atoms with Crippen molar-refractivity contribution in [2.45, 2.75) is 0 Å². The number of nitrogens with zero attached hydrogens (tertiary/aromatic N) is 2. The number of halogens is 2. The Balaban J connectivity index is 1.51. The minimum Gasteiger partial charge on any atom is -0.416 e. The van der Waals surface area contributed by atoms with Crippen molar-refractivity contribution in [3.05, 3.63) is 87.9 Å². The van der Waals surface area contributed by atoms with E-state index in [0.717, 1.165) is 15.6 Å². The van der Waals surface area contributed by atoms with E-state index in [1.54, 1.807) is 36.4 Å². The SMILES string of the molecule is O=C(Nc1ccc(Br)cc1Cl)c1ccc(-c2nnc(-c3ccccc3)o2)cc1. The van der Waals surface area contributed by atoms with Crippen molar-refractivity contribution in [1.82, 2.24) is 10.2 Å². The largest absolute Gasteiger partial charge is 0.416 e. The van der Waals surface area contributed by atoms with Crippen molar-refractivity contribution in [3.63, 3.8) is 0 Å². The van der Waals surface area contributed by atoms with Crippen LogP contribution in [0.4, 0.5) is 5.69 Å². The van der Waals surface area contributed by atoms with Crippen LogP contribution >= 0.6 is 27.5 Å². The van der Waals surface area contributed by atoms with Gasteiger partial charge in [0.25, 0.3) is 5.91 Å². The third-order valence-corrected chi connectivity index (χ3v) is 4.83. The number of carbonyl (C=O) groups excluding carboxylic acids is 1. The summed E-state index contributed by atoms with van der Waals surface area (Å²) in [6.45, 7) is 0. The molecule has 0 aliphatic rings. The van der Waals surface area contributed by atoms with Crippen molar-refractivity contribution >= 4 is 39.1 Å². The zero-order valence-corrected chi connectivity index (χ0v) is 16.7.